The summed E-state index contributed by atoms with van der Waals surface area (Å²) in [4.78, 5) is 9.18. The van der Waals surface area contributed by atoms with Crippen LogP contribution in [0, 0.1) is 6.92 Å². The minimum absolute atomic E-state index is 0. The van der Waals surface area contributed by atoms with Gasteiger partial charge < -0.3 is 25.0 Å². The Hall–Kier alpha value is -2.33. The molecular weight excluding hydrogens is 529 g/mol. The zero-order chi connectivity index (χ0) is 22.9. The van der Waals surface area contributed by atoms with Crippen molar-refractivity contribution in [3.8, 4) is 5.75 Å². The number of hydrogen-bond donors (Lipinski definition) is 3. The zero-order valence-corrected chi connectivity index (χ0v) is 22.2. The van der Waals surface area contributed by atoms with E-state index in [1.807, 2.05) is 70.2 Å². The molecule has 0 fully saturated rings. The molecule has 0 saturated heterocycles. The van der Waals surface area contributed by atoms with Gasteiger partial charge >= 0.3 is 0 Å². The predicted octanol–water partition coefficient (Wildman–Crippen LogP) is 4.43. The van der Waals surface area contributed by atoms with Crippen LogP contribution in [0.5, 0.6) is 5.75 Å². The molecule has 3 N–H and O–H groups in total. The third-order valence-electron chi connectivity index (χ3n) is 5.10. The summed E-state index contributed by atoms with van der Waals surface area (Å²) < 4.78 is 7.90. The van der Waals surface area contributed by atoms with Crippen molar-refractivity contribution < 1.29 is 9.84 Å². The van der Waals surface area contributed by atoms with Gasteiger partial charge in [0.25, 0.3) is 0 Å². The summed E-state index contributed by atoms with van der Waals surface area (Å²) in [7, 11) is 0. The maximum Gasteiger partial charge on any atom is 0.191 e. The van der Waals surface area contributed by atoms with E-state index >= 15 is 0 Å². The normalized spacial score (nSPS) is 12.5. The lowest BCUT2D eigenvalue weighted by Crippen LogP contribution is -2.38. The number of nitrogens with one attached hydrogen (secondary N) is 2. The van der Waals surface area contributed by atoms with E-state index in [-0.39, 0.29) is 36.6 Å². The lowest BCUT2D eigenvalue weighted by molar-refractivity contribution is 0.186. The van der Waals surface area contributed by atoms with Gasteiger partial charge in [-0.15, -0.1) is 24.0 Å². The fraction of sp³-hybridized carbons (Fsp3) is 0.440. The Balaban J connectivity index is 0.00000385. The van der Waals surface area contributed by atoms with Crippen molar-refractivity contribution in [3.63, 3.8) is 0 Å². The molecule has 3 rings (SSSR count). The van der Waals surface area contributed by atoms with Crippen LogP contribution in [0.3, 0.4) is 0 Å². The van der Waals surface area contributed by atoms with Crippen molar-refractivity contribution in [2.45, 2.75) is 52.9 Å². The summed E-state index contributed by atoms with van der Waals surface area (Å²) in [5.74, 6) is 2.54. The molecule has 0 spiro atoms. The molecule has 0 aliphatic heterocycles. The third-order valence-corrected chi connectivity index (χ3v) is 5.10. The molecule has 2 aromatic carbocycles. The predicted molar refractivity (Wildman–Crippen MR) is 146 cm³/mol. The highest BCUT2D eigenvalue weighted by molar-refractivity contribution is 14.0. The van der Waals surface area contributed by atoms with Crippen LogP contribution in [-0.4, -0.2) is 46.4 Å². The molecule has 0 saturated carbocycles. The highest BCUT2D eigenvalue weighted by Crippen LogP contribution is 2.19. The number of fused-ring (bicyclic) bond motifs is 1. The number of aliphatic hydroxyl groups excluding tert-OH is 1. The number of aryl methyl sites for hydroxylation is 2. The fourth-order valence-corrected chi connectivity index (χ4v) is 3.59. The third kappa shape index (κ3) is 7.89. The SMILES string of the molecule is CCNC(=NCC(O)c1ccc(OC(C)C)cc1)NCCCn1c(C)nc2ccccc21.I. The Kier molecular flexibility index (Phi) is 10.9. The molecule has 1 unspecified atom stereocenters. The van der Waals surface area contributed by atoms with Gasteiger partial charge in [-0.3, -0.25) is 4.99 Å². The van der Waals surface area contributed by atoms with Gasteiger partial charge in [-0.25, -0.2) is 4.98 Å². The molecule has 1 aromatic heterocycles. The van der Waals surface area contributed by atoms with Crippen LogP contribution in [0.15, 0.2) is 53.5 Å². The lowest BCUT2D eigenvalue weighted by Gasteiger charge is -2.15. The van der Waals surface area contributed by atoms with E-state index in [2.05, 4.69) is 31.2 Å². The zero-order valence-electron chi connectivity index (χ0n) is 19.9. The lowest BCUT2D eigenvalue weighted by atomic mass is 10.1. The van der Waals surface area contributed by atoms with Crippen LogP contribution in [-0.2, 0) is 6.54 Å². The van der Waals surface area contributed by atoms with Crippen molar-refractivity contribution >= 4 is 41.0 Å². The topological polar surface area (TPSA) is 83.7 Å². The number of aliphatic imine (C=N–C) groups is 1. The van der Waals surface area contributed by atoms with E-state index in [1.54, 1.807) is 0 Å². The number of hydrogen-bond acceptors (Lipinski definition) is 4. The van der Waals surface area contributed by atoms with Gasteiger partial charge in [-0.2, -0.15) is 0 Å². The Bertz CT molecular complexity index is 1020. The number of rotatable bonds is 10. The van der Waals surface area contributed by atoms with Crippen molar-refractivity contribution in [1.29, 1.82) is 0 Å². The van der Waals surface area contributed by atoms with Gasteiger partial charge in [0.05, 0.1) is 29.8 Å². The smallest absolute Gasteiger partial charge is 0.191 e. The molecule has 1 heterocycles. The molecule has 8 heteroatoms. The van der Waals surface area contributed by atoms with Crippen molar-refractivity contribution in [2.24, 2.45) is 4.99 Å². The number of benzene rings is 2. The molecule has 180 valence electrons. The summed E-state index contributed by atoms with van der Waals surface area (Å²) in [5, 5.41) is 17.1. The quantitative estimate of drug-likeness (QED) is 0.147. The molecule has 3 aromatic rings. The highest BCUT2D eigenvalue weighted by Gasteiger charge is 2.09. The summed E-state index contributed by atoms with van der Waals surface area (Å²) in [6.45, 7) is 10.8. The van der Waals surface area contributed by atoms with E-state index in [4.69, 9.17) is 4.74 Å². The Morgan fingerprint density at radius 2 is 1.85 bits per heavy atom. The van der Waals surface area contributed by atoms with Gasteiger partial charge in [0.1, 0.15) is 11.6 Å². The number of nitrogens with zero attached hydrogens (tertiary/aromatic N) is 3. The minimum atomic E-state index is -0.668. The van der Waals surface area contributed by atoms with Crippen molar-refractivity contribution in [1.82, 2.24) is 20.2 Å². The van der Waals surface area contributed by atoms with Gasteiger partial charge in [-0.05, 0) is 63.9 Å². The standard InChI is InChI=1S/C25H35N5O2.HI/c1-5-26-25(28-17-24(31)20-11-13-21(14-12-20)32-18(2)3)27-15-8-16-30-19(4)29-22-9-6-7-10-23(22)30;/h6-7,9-14,18,24,31H,5,8,15-17H2,1-4H3,(H2,26,27,28);1H. The average Bonchev–Trinajstić information content (AvgIpc) is 3.09. The van der Waals surface area contributed by atoms with Crippen LogP contribution < -0.4 is 15.4 Å². The van der Waals surface area contributed by atoms with Gasteiger partial charge in [0.15, 0.2) is 5.96 Å². The van der Waals surface area contributed by atoms with E-state index < -0.39 is 6.10 Å². The molecule has 0 aliphatic rings. The first-order valence-corrected chi connectivity index (χ1v) is 11.4. The largest absolute Gasteiger partial charge is 0.491 e. The molecule has 7 nitrogen and oxygen atoms in total. The summed E-state index contributed by atoms with van der Waals surface area (Å²) >= 11 is 0. The van der Waals surface area contributed by atoms with E-state index in [9.17, 15) is 5.11 Å². The first-order valence-electron chi connectivity index (χ1n) is 11.4. The molecule has 0 amide bonds. The van der Waals surface area contributed by atoms with Crippen LogP contribution >= 0.6 is 24.0 Å². The van der Waals surface area contributed by atoms with Crippen LogP contribution in [0.4, 0.5) is 0 Å². The molecular formula is C25H36IN5O2. The number of imidazole rings is 1. The van der Waals surface area contributed by atoms with Gasteiger partial charge in [0, 0.05) is 19.6 Å². The number of aliphatic hydroxyl groups is 1. The van der Waals surface area contributed by atoms with Gasteiger partial charge in [0.2, 0.25) is 0 Å². The second-order valence-corrected chi connectivity index (χ2v) is 8.05. The Labute approximate surface area is 213 Å². The van der Waals surface area contributed by atoms with Crippen LogP contribution in [0.1, 0.15) is 44.7 Å². The van der Waals surface area contributed by atoms with Gasteiger partial charge in [-0.1, -0.05) is 24.3 Å². The Morgan fingerprint density at radius 1 is 1.12 bits per heavy atom. The fourth-order valence-electron chi connectivity index (χ4n) is 3.59. The first-order chi connectivity index (χ1) is 15.5. The average molecular weight is 566 g/mol. The Morgan fingerprint density at radius 3 is 2.55 bits per heavy atom. The number of aromatic nitrogens is 2. The summed E-state index contributed by atoms with van der Waals surface area (Å²) in [6, 6.07) is 15.7. The van der Waals surface area contributed by atoms with Crippen LogP contribution in [0.2, 0.25) is 0 Å². The molecule has 1 atom stereocenters. The molecule has 0 bridgehead atoms. The monoisotopic (exact) mass is 565 g/mol. The van der Waals surface area contributed by atoms with E-state index in [0.717, 1.165) is 48.7 Å². The molecule has 0 radical (unpaired) electrons. The number of halogens is 1. The first kappa shape index (κ1) is 26.9. The number of guanidine groups is 1. The van der Waals surface area contributed by atoms with Crippen LogP contribution in [0.25, 0.3) is 11.0 Å². The van der Waals surface area contributed by atoms with Crippen molar-refractivity contribution in [2.75, 3.05) is 19.6 Å². The maximum atomic E-state index is 10.5. The molecule has 33 heavy (non-hydrogen) atoms. The maximum absolute atomic E-state index is 10.5. The van der Waals surface area contributed by atoms with Crippen molar-refractivity contribution in [3.05, 3.63) is 59.9 Å². The second-order valence-electron chi connectivity index (χ2n) is 8.05. The molecule has 0 aliphatic carbocycles. The highest BCUT2D eigenvalue weighted by atomic mass is 127. The minimum Gasteiger partial charge on any atom is -0.491 e. The number of para-hydroxylation sites is 2. The summed E-state index contributed by atoms with van der Waals surface area (Å²) in [6.07, 6.45) is 0.393. The van der Waals surface area contributed by atoms with E-state index in [1.165, 1.54) is 5.52 Å². The summed E-state index contributed by atoms with van der Waals surface area (Å²) in [5.41, 5.74) is 3.02. The second kappa shape index (κ2) is 13.4. The van der Waals surface area contributed by atoms with E-state index in [0.29, 0.717) is 5.96 Å². The number of ether oxygens (including phenoxy) is 1.